The second kappa shape index (κ2) is 10.1. The number of furan rings is 1. The molecule has 0 bridgehead atoms. The minimum absolute atomic E-state index is 0.0338. The van der Waals surface area contributed by atoms with Gasteiger partial charge in [-0.3, -0.25) is 14.4 Å². The Balaban J connectivity index is 1.66. The maximum absolute atomic E-state index is 12.6. The van der Waals surface area contributed by atoms with Crippen molar-refractivity contribution >= 4 is 17.8 Å². The van der Waals surface area contributed by atoms with Crippen molar-refractivity contribution in [1.82, 2.24) is 10.6 Å². The second-order valence-corrected chi connectivity index (χ2v) is 6.69. The summed E-state index contributed by atoms with van der Waals surface area (Å²) in [5.41, 5.74) is 1.72. The first-order valence-corrected chi connectivity index (χ1v) is 9.52. The minimum atomic E-state index is -1.05. The molecule has 0 aliphatic rings. The van der Waals surface area contributed by atoms with Crippen LogP contribution in [0.25, 0.3) is 11.3 Å². The fourth-order valence-electron chi connectivity index (χ4n) is 2.89. The number of carbonyl (C=O) groups is 3. The molecule has 154 valence electrons. The van der Waals surface area contributed by atoms with Gasteiger partial charge in [0.15, 0.2) is 5.76 Å². The van der Waals surface area contributed by atoms with Crippen LogP contribution in [0.15, 0.2) is 77.2 Å². The molecule has 0 unspecified atom stereocenters. The second-order valence-electron chi connectivity index (χ2n) is 6.69. The number of aliphatic carboxylic acids is 1. The fourth-order valence-corrected chi connectivity index (χ4v) is 2.89. The highest BCUT2D eigenvalue weighted by Crippen LogP contribution is 2.21. The lowest BCUT2D eigenvalue weighted by molar-refractivity contribution is -0.137. The van der Waals surface area contributed by atoms with Crippen LogP contribution in [0.1, 0.15) is 29.0 Å². The molecule has 0 saturated heterocycles. The highest BCUT2D eigenvalue weighted by atomic mass is 16.4. The highest BCUT2D eigenvalue weighted by Gasteiger charge is 2.23. The number of carbonyl (C=O) groups excluding carboxylic acids is 2. The zero-order valence-corrected chi connectivity index (χ0v) is 16.2. The highest BCUT2D eigenvalue weighted by molar-refractivity contribution is 5.96. The van der Waals surface area contributed by atoms with E-state index in [0.29, 0.717) is 5.76 Å². The number of nitrogens with one attached hydrogen (secondary N) is 2. The van der Waals surface area contributed by atoms with Crippen LogP contribution in [0.4, 0.5) is 0 Å². The van der Waals surface area contributed by atoms with Gasteiger partial charge in [0.25, 0.3) is 5.91 Å². The van der Waals surface area contributed by atoms with Gasteiger partial charge >= 0.3 is 5.97 Å². The van der Waals surface area contributed by atoms with Crippen LogP contribution in [0.5, 0.6) is 0 Å². The van der Waals surface area contributed by atoms with Crippen molar-refractivity contribution in [2.45, 2.75) is 25.4 Å². The molecule has 7 nitrogen and oxygen atoms in total. The van der Waals surface area contributed by atoms with E-state index in [1.165, 1.54) is 6.07 Å². The largest absolute Gasteiger partial charge is 0.481 e. The van der Waals surface area contributed by atoms with Crippen molar-refractivity contribution in [3.63, 3.8) is 0 Å². The monoisotopic (exact) mass is 406 g/mol. The van der Waals surface area contributed by atoms with Crippen molar-refractivity contribution in [1.29, 1.82) is 0 Å². The number of carboxylic acid groups (broad SMARTS) is 1. The lowest BCUT2D eigenvalue weighted by atomic mass is 10.1. The summed E-state index contributed by atoms with van der Waals surface area (Å²) in [4.78, 5) is 36.1. The SMILES string of the molecule is O=C(O)CC[C@H](NC(=O)c1ccc(-c2ccccc2)o1)C(=O)NCc1ccccc1. The molecule has 3 aromatic rings. The van der Waals surface area contributed by atoms with E-state index in [1.807, 2.05) is 60.7 Å². The number of hydrogen-bond donors (Lipinski definition) is 3. The standard InChI is InChI=1S/C23H22N2O5/c26-21(27)14-11-18(22(28)24-15-16-7-3-1-4-8-16)25-23(29)20-13-12-19(30-20)17-9-5-2-6-10-17/h1-10,12-13,18H,11,14-15H2,(H,24,28)(H,25,29)(H,26,27)/t18-/m0/s1. The van der Waals surface area contributed by atoms with Crippen LogP contribution in [0.2, 0.25) is 0 Å². The van der Waals surface area contributed by atoms with E-state index < -0.39 is 23.8 Å². The van der Waals surface area contributed by atoms with E-state index in [-0.39, 0.29) is 25.1 Å². The Hall–Kier alpha value is -3.87. The van der Waals surface area contributed by atoms with Gasteiger partial charge in [-0.15, -0.1) is 0 Å². The lowest BCUT2D eigenvalue weighted by Gasteiger charge is -2.17. The average molecular weight is 406 g/mol. The maximum Gasteiger partial charge on any atom is 0.303 e. The summed E-state index contributed by atoms with van der Waals surface area (Å²) < 4.78 is 5.61. The van der Waals surface area contributed by atoms with Crippen molar-refractivity contribution in [3.05, 3.63) is 84.1 Å². The molecular weight excluding hydrogens is 384 g/mol. The first-order valence-electron chi connectivity index (χ1n) is 9.52. The predicted octanol–water partition coefficient (Wildman–Crippen LogP) is 3.23. The quantitative estimate of drug-likeness (QED) is 0.506. The summed E-state index contributed by atoms with van der Waals surface area (Å²) in [6, 6.07) is 20.8. The van der Waals surface area contributed by atoms with Crippen LogP contribution < -0.4 is 10.6 Å². The first kappa shape index (κ1) is 20.9. The van der Waals surface area contributed by atoms with Gasteiger partial charge in [0.1, 0.15) is 11.8 Å². The molecule has 0 radical (unpaired) electrons. The molecule has 7 heteroatoms. The summed E-state index contributed by atoms with van der Waals surface area (Å²) in [7, 11) is 0. The molecule has 1 atom stereocenters. The summed E-state index contributed by atoms with van der Waals surface area (Å²) >= 11 is 0. The molecule has 1 aromatic heterocycles. The molecule has 30 heavy (non-hydrogen) atoms. The molecule has 3 rings (SSSR count). The number of amides is 2. The molecule has 0 aliphatic heterocycles. The number of carboxylic acids is 1. The maximum atomic E-state index is 12.6. The fraction of sp³-hybridized carbons (Fsp3) is 0.174. The number of hydrogen-bond acceptors (Lipinski definition) is 4. The summed E-state index contributed by atoms with van der Waals surface area (Å²) in [6.07, 6.45) is -0.287. The summed E-state index contributed by atoms with van der Waals surface area (Å²) in [5, 5.41) is 14.3. The number of rotatable bonds is 9. The average Bonchev–Trinajstić information content (AvgIpc) is 3.26. The Morgan fingerprint density at radius 1 is 0.900 bits per heavy atom. The van der Waals surface area contributed by atoms with E-state index in [9.17, 15) is 14.4 Å². The molecule has 0 fully saturated rings. The van der Waals surface area contributed by atoms with Crippen LogP contribution in [-0.4, -0.2) is 28.9 Å². The third kappa shape index (κ3) is 5.81. The molecule has 0 saturated carbocycles. The first-order chi connectivity index (χ1) is 14.5. The third-order valence-corrected chi connectivity index (χ3v) is 4.47. The number of benzene rings is 2. The van der Waals surface area contributed by atoms with Gasteiger partial charge in [-0.05, 0) is 24.1 Å². The molecule has 0 spiro atoms. The zero-order chi connectivity index (χ0) is 21.3. The Kier molecular flexibility index (Phi) is 7.00. The predicted molar refractivity (Wildman–Crippen MR) is 111 cm³/mol. The third-order valence-electron chi connectivity index (χ3n) is 4.47. The van der Waals surface area contributed by atoms with Gasteiger partial charge < -0.3 is 20.2 Å². The Bertz CT molecular complexity index is 999. The molecule has 2 aromatic carbocycles. The van der Waals surface area contributed by atoms with Gasteiger partial charge in [-0.25, -0.2) is 0 Å². The van der Waals surface area contributed by atoms with Crippen LogP contribution in [-0.2, 0) is 16.1 Å². The van der Waals surface area contributed by atoms with Crippen molar-refractivity contribution in [2.75, 3.05) is 0 Å². The van der Waals surface area contributed by atoms with Gasteiger partial charge in [-0.2, -0.15) is 0 Å². The van der Waals surface area contributed by atoms with Gasteiger partial charge in [-0.1, -0.05) is 60.7 Å². The minimum Gasteiger partial charge on any atom is -0.481 e. The Morgan fingerprint density at radius 3 is 2.23 bits per heavy atom. The van der Waals surface area contributed by atoms with E-state index >= 15 is 0 Å². The lowest BCUT2D eigenvalue weighted by Crippen LogP contribution is -2.46. The van der Waals surface area contributed by atoms with Crippen LogP contribution in [0, 0.1) is 0 Å². The smallest absolute Gasteiger partial charge is 0.303 e. The van der Waals surface area contributed by atoms with Gasteiger partial charge in [0.2, 0.25) is 5.91 Å². The van der Waals surface area contributed by atoms with Crippen molar-refractivity contribution in [3.8, 4) is 11.3 Å². The molecule has 3 N–H and O–H groups in total. The van der Waals surface area contributed by atoms with E-state index in [1.54, 1.807) is 6.07 Å². The normalized spacial score (nSPS) is 11.5. The van der Waals surface area contributed by atoms with E-state index in [2.05, 4.69) is 10.6 Å². The zero-order valence-electron chi connectivity index (χ0n) is 16.2. The van der Waals surface area contributed by atoms with Crippen molar-refractivity contribution in [2.24, 2.45) is 0 Å². The Morgan fingerprint density at radius 2 is 1.57 bits per heavy atom. The van der Waals surface area contributed by atoms with Crippen molar-refractivity contribution < 1.29 is 23.9 Å². The summed E-state index contributed by atoms with van der Waals surface area (Å²) in [5.74, 6) is -1.51. The van der Waals surface area contributed by atoms with E-state index in [0.717, 1.165) is 11.1 Å². The van der Waals surface area contributed by atoms with Gasteiger partial charge in [0, 0.05) is 18.5 Å². The van der Waals surface area contributed by atoms with Crippen LogP contribution >= 0.6 is 0 Å². The molecule has 0 aliphatic carbocycles. The molecular formula is C23H22N2O5. The summed E-state index contributed by atoms with van der Waals surface area (Å²) in [6.45, 7) is 0.276. The van der Waals surface area contributed by atoms with Gasteiger partial charge in [0.05, 0.1) is 0 Å². The van der Waals surface area contributed by atoms with Crippen LogP contribution in [0.3, 0.4) is 0 Å². The Labute approximate surface area is 173 Å². The topological polar surface area (TPSA) is 109 Å². The molecule has 2 amide bonds. The molecule has 1 heterocycles. The van der Waals surface area contributed by atoms with E-state index in [4.69, 9.17) is 9.52 Å².